The fourth-order valence-electron chi connectivity index (χ4n) is 8.20. The maximum Gasteiger partial charge on any atom is 0.198 e. The number of aliphatic hydroxyl groups is 3. The van der Waals surface area contributed by atoms with E-state index in [-0.39, 0.29) is 41.1 Å². The molecule has 2 saturated heterocycles. The van der Waals surface area contributed by atoms with Crippen LogP contribution in [0.4, 0.5) is 0 Å². The molecule has 0 unspecified atom stereocenters. The molecule has 11 atom stereocenters. The molecule has 6 aliphatic rings. The number of carbonyl (C=O) groups is 4. The monoisotopic (exact) mass is 694 g/mol. The lowest BCUT2D eigenvalue weighted by atomic mass is 9.57. The average Bonchev–Trinajstić information content (AvgIpc) is 3.05. The number of ether oxygens (including phenoxy) is 5. The van der Waals surface area contributed by atoms with Crippen molar-refractivity contribution in [1.82, 2.24) is 0 Å². The van der Waals surface area contributed by atoms with Gasteiger partial charge < -0.3 is 44.1 Å². The highest BCUT2D eigenvalue weighted by Gasteiger charge is 2.67. The number of phenols is 1. The van der Waals surface area contributed by atoms with Gasteiger partial charge in [0, 0.05) is 36.0 Å². The van der Waals surface area contributed by atoms with Crippen molar-refractivity contribution in [2.24, 2.45) is 0 Å². The largest absolute Gasteiger partial charge is 0.507 e. The molecule has 1 aromatic rings. The van der Waals surface area contributed by atoms with Crippen LogP contribution in [-0.2, 0) is 33.3 Å². The molecule has 13 nitrogen and oxygen atoms in total. The van der Waals surface area contributed by atoms with Crippen molar-refractivity contribution in [3.8, 4) is 5.75 Å². The van der Waals surface area contributed by atoms with Crippen LogP contribution in [0, 0.1) is 0 Å². The first kappa shape index (κ1) is 35.0. The Morgan fingerprint density at radius 2 is 1.66 bits per heavy atom. The summed E-state index contributed by atoms with van der Waals surface area (Å²) >= 11 is 0. The summed E-state index contributed by atoms with van der Waals surface area (Å²) in [7, 11) is 0. The Bertz CT molecular complexity index is 1740. The molecule has 0 bridgehead atoms. The zero-order chi connectivity index (χ0) is 35.9. The summed E-state index contributed by atoms with van der Waals surface area (Å²) in [5.41, 5.74) is -7.54. The Labute approximate surface area is 288 Å². The highest BCUT2D eigenvalue weighted by atomic mass is 16.7. The first-order valence-electron chi connectivity index (χ1n) is 17.1. The summed E-state index contributed by atoms with van der Waals surface area (Å²) < 4.78 is 29.8. The van der Waals surface area contributed by atoms with Crippen LogP contribution in [0.2, 0.25) is 0 Å². The number of Topliss-reactive ketones (excluding diaryl/α,β-unsaturated/α-hetero) is 3. The number of allylic oxidation sites excluding steroid dienone is 2. The highest BCUT2D eigenvalue weighted by molar-refractivity contribution is 6.32. The van der Waals surface area contributed by atoms with Crippen LogP contribution < -0.4 is 0 Å². The fraction of sp³-hybridized carbons (Fsp3) is 0.568. The van der Waals surface area contributed by atoms with Crippen LogP contribution in [0.15, 0.2) is 47.6 Å². The summed E-state index contributed by atoms with van der Waals surface area (Å²) in [6, 6.07) is 2.85. The number of fused-ring (bicyclic) bond motifs is 3. The molecule has 268 valence electrons. The first-order valence-corrected chi connectivity index (χ1v) is 17.1. The quantitative estimate of drug-likeness (QED) is 0.352. The van der Waals surface area contributed by atoms with Gasteiger partial charge in [-0.15, -0.1) is 0 Å². The summed E-state index contributed by atoms with van der Waals surface area (Å²) in [6.07, 6.45) is 1.86. The molecule has 4 N–H and O–H groups in total. The maximum absolute atomic E-state index is 14.1. The Morgan fingerprint density at radius 1 is 0.900 bits per heavy atom. The van der Waals surface area contributed by atoms with E-state index in [1.165, 1.54) is 30.4 Å². The van der Waals surface area contributed by atoms with E-state index in [0.29, 0.717) is 31.2 Å². The van der Waals surface area contributed by atoms with Crippen LogP contribution in [-0.4, -0.2) is 103 Å². The van der Waals surface area contributed by atoms with Crippen molar-refractivity contribution in [2.45, 2.75) is 132 Å². The first-order chi connectivity index (χ1) is 23.5. The van der Waals surface area contributed by atoms with E-state index in [1.54, 1.807) is 20.8 Å². The number of phenolic OH excluding ortho intramolecular Hbond substituents is 1. The number of ketones is 4. The zero-order valence-electron chi connectivity index (χ0n) is 28.3. The van der Waals surface area contributed by atoms with E-state index >= 15 is 0 Å². The van der Waals surface area contributed by atoms with Gasteiger partial charge in [-0.1, -0.05) is 12.1 Å². The fourth-order valence-corrected chi connectivity index (χ4v) is 8.20. The average molecular weight is 695 g/mol. The van der Waals surface area contributed by atoms with Gasteiger partial charge >= 0.3 is 0 Å². The third-order valence-electron chi connectivity index (χ3n) is 11.0. The third-order valence-corrected chi connectivity index (χ3v) is 11.0. The highest BCUT2D eigenvalue weighted by Crippen LogP contribution is 2.53. The van der Waals surface area contributed by atoms with Crippen molar-refractivity contribution in [3.63, 3.8) is 0 Å². The standard InChI is InChI=1S/C37H42O13/c1-17-23(38)7-11-28(47-17)49-25-9-10-26(46-19(25)3)20-5-6-21-30(32(20)41)33(42)22-13-14-36(44)16-35(4,50-29-12-8-24(39)18(2)48-29)15-27(40)37(36,45)31(22)34(21)43/h5-6,8,12-14,17-19,23,25-26,28-29,38,41,44-45H,7,9-11,15-16H2,1-4H3/t17-,18-,19+,23+,25-,26+,28-,29+,35-,36-,37-/m0/s1. The van der Waals surface area contributed by atoms with Crippen molar-refractivity contribution in [1.29, 1.82) is 0 Å². The second-order valence-electron chi connectivity index (χ2n) is 14.6. The number of hydrogen-bond donors (Lipinski definition) is 4. The molecule has 0 radical (unpaired) electrons. The van der Waals surface area contributed by atoms with E-state index in [9.17, 15) is 39.6 Å². The number of benzene rings is 1. The van der Waals surface area contributed by atoms with Crippen molar-refractivity contribution >= 4 is 23.1 Å². The predicted octanol–water partition coefficient (Wildman–Crippen LogP) is 2.62. The van der Waals surface area contributed by atoms with Gasteiger partial charge in [0.1, 0.15) is 17.5 Å². The van der Waals surface area contributed by atoms with Gasteiger partial charge in [0.2, 0.25) is 0 Å². The molecule has 7 rings (SSSR count). The van der Waals surface area contributed by atoms with E-state index in [1.807, 2.05) is 6.92 Å². The summed E-state index contributed by atoms with van der Waals surface area (Å²) in [5, 5.41) is 45.3. The van der Waals surface area contributed by atoms with Crippen LogP contribution >= 0.6 is 0 Å². The number of carbonyl (C=O) groups excluding carboxylic acids is 4. The zero-order valence-corrected chi connectivity index (χ0v) is 28.3. The minimum Gasteiger partial charge on any atom is -0.507 e. The normalized spacial score (nSPS) is 41.6. The van der Waals surface area contributed by atoms with Crippen LogP contribution in [0.25, 0.3) is 0 Å². The molecule has 1 aromatic carbocycles. The number of hydrogen-bond acceptors (Lipinski definition) is 13. The Kier molecular flexibility index (Phi) is 8.67. The summed E-state index contributed by atoms with van der Waals surface area (Å²) in [5.74, 6) is -3.28. The van der Waals surface area contributed by atoms with Crippen LogP contribution in [0.5, 0.6) is 5.75 Å². The molecule has 13 heteroatoms. The Balaban J connectivity index is 1.12. The molecule has 3 aliphatic carbocycles. The lowest BCUT2D eigenvalue weighted by molar-refractivity contribution is -0.260. The van der Waals surface area contributed by atoms with Gasteiger partial charge in [-0.25, -0.2) is 0 Å². The minimum absolute atomic E-state index is 0.214. The van der Waals surface area contributed by atoms with Crippen molar-refractivity contribution in [3.05, 3.63) is 64.3 Å². The van der Waals surface area contributed by atoms with Crippen LogP contribution in [0.3, 0.4) is 0 Å². The summed E-state index contributed by atoms with van der Waals surface area (Å²) in [6.45, 7) is 6.74. The van der Waals surface area contributed by atoms with Crippen LogP contribution in [0.1, 0.15) is 98.6 Å². The van der Waals surface area contributed by atoms with Gasteiger partial charge in [-0.2, -0.15) is 0 Å². The molecule has 50 heavy (non-hydrogen) atoms. The molecular formula is C37H42O13. The van der Waals surface area contributed by atoms with E-state index in [2.05, 4.69) is 0 Å². The molecule has 0 aromatic heterocycles. The molecule has 1 saturated carbocycles. The number of aliphatic hydroxyl groups excluding tert-OH is 1. The van der Waals surface area contributed by atoms with Gasteiger partial charge in [-0.3, -0.25) is 19.2 Å². The van der Waals surface area contributed by atoms with Gasteiger partial charge in [0.25, 0.3) is 0 Å². The molecule has 0 amide bonds. The molecule has 3 aliphatic heterocycles. The third kappa shape index (κ3) is 5.55. The second-order valence-corrected chi connectivity index (χ2v) is 14.6. The smallest absolute Gasteiger partial charge is 0.198 e. The Hall–Kier alpha value is -3.40. The van der Waals surface area contributed by atoms with Gasteiger partial charge in [0.15, 0.2) is 41.3 Å². The van der Waals surface area contributed by atoms with E-state index < -0.39 is 88.9 Å². The number of aromatic hydroxyl groups is 1. The minimum atomic E-state index is -2.78. The molecule has 3 heterocycles. The van der Waals surface area contributed by atoms with E-state index in [0.717, 1.165) is 6.08 Å². The van der Waals surface area contributed by atoms with E-state index in [4.69, 9.17) is 23.7 Å². The maximum atomic E-state index is 14.1. The van der Waals surface area contributed by atoms with Gasteiger partial charge in [0.05, 0.1) is 47.3 Å². The number of rotatable bonds is 5. The lowest BCUT2D eigenvalue weighted by Gasteiger charge is -2.53. The SMILES string of the molecule is C[C@@H]1O[C@H](O[C@@]2(C)CC(=O)[C@]3(O)C4=C(C=C[C@]3(O)C2)C(=O)c2c(ccc([C@H]3CC[C@H](O[C@H]5CC[C@@H](O)[C@H](C)O5)[C@@H](C)O3)c2O)C4=O)C=CC1=O. The van der Waals surface area contributed by atoms with Crippen molar-refractivity contribution < 1.29 is 63.3 Å². The van der Waals surface area contributed by atoms with Crippen molar-refractivity contribution in [2.75, 3.05) is 0 Å². The molecular weight excluding hydrogens is 652 g/mol. The molecule has 0 spiro atoms. The lowest BCUT2D eigenvalue weighted by Crippen LogP contribution is -2.69. The van der Waals surface area contributed by atoms with Gasteiger partial charge in [-0.05, 0) is 71.3 Å². The molecule has 3 fully saturated rings. The second kappa shape index (κ2) is 12.4. The Morgan fingerprint density at radius 3 is 2.36 bits per heavy atom. The summed E-state index contributed by atoms with van der Waals surface area (Å²) in [4.78, 5) is 53.8. The predicted molar refractivity (Wildman–Crippen MR) is 172 cm³/mol. The topological polar surface area (TPSA) is 195 Å².